The molecule has 0 heterocycles. The maximum Gasteiger partial charge on any atom is 0.123 e. The first-order valence-electron chi connectivity index (χ1n) is 6.21. The average molecular weight is 237 g/mol. The summed E-state index contributed by atoms with van der Waals surface area (Å²) in [7, 11) is 0. The summed E-state index contributed by atoms with van der Waals surface area (Å²) in [5, 5.41) is 19.3. The van der Waals surface area contributed by atoms with Gasteiger partial charge in [0.1, 0.15) is 5.75 Å². The van der Waals surface area contributed by atoms with Crippen molar-refractivity contribution in [3.05, 3.63) is 23.8 Å². The molecule has 1 aromatic carbocycles. The van der Waals surface area contributed by atoms with Gasteiger partial charge in [-0.2, -0.15) is 0 Å². The van der Waals surface area contributed by atoms with Crippen molar-refractivity contribution in [2.75, 3.05) is 18.0 Å². The van der Waals surface area contributed by atoms with Crippen LogP contribution >= 0.6 is 0 Å². The Morgan fingerprint density at radius 1 is 1.24 bits per heavy atom. The standard InChI is InChI=1S/C14H23NO2/c1-5-15(9-10(2)3)12-6-7-13(11(4)16)14(17)8-12/h6-8,10-11,16-17H,5,9H2,1-4H3. The summed E-state index contributed by atoms with van der Waals surface area (Å²) >= 11 is 0. The fourth-order valence-corrected chi connectivity index (χ4v) is 1.94. The summed E-state index contributed by atoms with van der Waals surface area (Å²) in [5.41, 5.74) is 1.58. The number of phenols is 1. The number of aromatic hydroxyl groups is 1. The lowest BCUT2D eigenvalue weighted by molar-refractivity contribution is 0.195. The molecule has 3 heteroatoms. The second-order valence-corrected chi connectivity index (χ2v) is 4.85. The molecule has 2 N–H and O–H groups in total. The predicted octanol–water partition coefficient (Wildman–Crippen LogP) is 2.93. The summed E-state index contributed by atoms with van der Waals surface area (Å²) in [4.78, 5) is 2.22. The molecule has 0 aliphatic heterocycles. The molecular formula is C14H23NO2. The number of aliphatic hydroxyl groups excluding tert-OH is 1. The van der Waals surface area contributed by atoms with Crippen LogP contribution in [-0.2, 0) is 0 Å². The zero-order chi connectivity index (χ0) is 13.0. The molecule has 1 unspecified atom stereocenters. The van der Waals surface area contributed by atoms with Crippen LogP contribution in [0.5, 0.6) is 5.75 Å². The van der Waals surface area contributed by atoms with Gasteiger partial charge in [0.05, 0.1) is 6.10 Å². The number of hydrogen-bond acceptors (Lipinski definition) is 3. The van der Waals surface area contributed by atoms with Crippen LogP contribution in [0.4, 0.5) is 5.69 Å². The highest BCUT2D eigenvalue weighted by atomic mass is 16.3. The van der Waals surface area contributed by atoms with Gasteiger partial charge >= 0.3 is 0 Å². The molecule has 1 atom stereocenters. The summed E-state index contributed by atoms with van der Waals surface area (Å²) in [5.74, 6) is 0.744. The zero-order valence-electron chi connectivity index (χ0n) is 11.1. The van der Waals surface area contributed by atoms with Crippen molar-refractivity contribution in [2.45, 2.75) is 33.8 Å². The van der Waals surface area contributed by atoms with E-state index >= 15 is 0 Å². The molecule has 0 saturated carbocycles. The molecule has 0 bridgehead atoms. The summed E-state index contributed by atoms with van der Waals surface area (Å²) in [6.07, 6.45) is -0.635. The van der Waals surface area contributed by atoms with Crippen molar-refractivity contribution >= 4 is 5.69 Å². The van der Waals surface area contributed by atoms with Gasteiger partial charge in [0.25, 0.3) is 0 Å². The molecule has 1 aromatic rings. The smallest absolute Gasteiger partial charge is 0.123 e. The van der Waals surface area contributed by atoms with E-state index in [0.717, 1.165) is 18.8 Å². The van der Waals surface area contributed by atoms with Crippen molar-refractivity contribution in [3.63, 3.8) is 0 Å². The second kappa shape index (κ2) is 5.92. The lowest BCUT2D eigenvalue weighted by Crippen LogP contribution is -2.27. The van der Waals surface area contributed by atoms with Crippen molar-refractivity contribution in [2.24, 2.45) is 5.92 Å². The maximum absolute atomic E-state index is 9.85. The molecule has 3 nitrogen and oxygen atoms in total. The first kappa shape index (κ1) is 13.8. The van der Waals surface area contributed by atoms with Gasteiger partial charge in [-0.3, -0.25) is 0 Å². The van der Waals surface area contributed by atoms with Crippen LogP contribution in [-0.4, -0.2) is 23.3 Å². The lowest BCUT2D eigenvalue weighted by atomic mass is 10.1. The van der Waals surface area contributed by atoms with Crippen LogP contribution in [0.25, 0.3) is 0 Å². The first-order chi connectivity index (χ1) is 7.95. The average Bonchev–Trinajstić information content (AvgIpc) is 2.24. The summed E-state index contributed by atoms with van der Waals surface area (Å²) in [6, 6.07) is 5.47. The van der Waals surface area contributed by atoms with Gasteiger partial charge < -0.3 is 15.1 Å². The Labute approximate surface area is 104 Å². The van der Waals surface area contributed by atoms with E-state index in [1.54, 1.807) is 19.1 Å². The number of phenolic OH excluding ortho intramolecular Hbond substituents is 1. The molecule has 0 aliphatic rings. The molecule has 0 radical (unpaired) electrons. The first-order valence-corrected chi connectivity index (χ1v) is 6.21. The quantitative estimate of drug-likeness (QED) is 0.827. The Balaban J connectivity index is 2.94. The minimum atomic E-state index is -0.635. The van der Waals surface area contributed by atoms with Gasteiger partial charge in [0, 0.05) is 30.4 Å². The number of aliphatic hydroxyl groups is 1. The van der Waals surface area contributed by atoms with E-state index in [2.05, 4.69) is 25.7 Å². The third kappa shape index (κ3) is 3.63. The fourth-order valence-electron chi connectivity index (χ4n) is 1.94. The van der Waals surface area contributed by atoms with E-state index in [1.807, 2.05) is 6.07 Å². The normalized spacial score (nSPS) is 12.8. The fraction of sp³-hybridized carbons (Fsp3) is 0.571. The summed E-state index contributed by atoms with van der Waals surface area (Å²) < 4.78 is 0. The van der Waals surface area contributed by atoms with Crippen molar-refractivity contribution < 1.29 is 10.2 Å². The van der Waals surface area contributed by atoms with Gasteiger partial charge in [-0.15, -0.1) is 0 Å². The molecule has 0 fully saturated rings. The van der Waals surface area contributed by atoms with Crippen LogP contribution in [0.1, 0.15) is 39.4 Å². The maximum atomic E-state index is 9.85. The molecule has 0 spiro atoms. The highest BCUT2D eigenvalue weighted by Crippen LogP contribution is 2.29. The molecule has 96 valence electrons. The number of anilines is 1. The minimum Gasteiger partial charge on any atom is -0.507 e. The Kier molecular flexibility index (Phi) is 4.82. The minimum absolute atomic E-state index is 0.166. The highest BCUT2D eigenvalue weighted by molar-refractivity contribution is 5.53. The van der Waals surface area contributed by atoms with E-state index in [-0.39, 0.29) is 5.75 Å². The lowest BCUT2D eigenvalue weighted by Gasteiger charge is -2.25. The zero-order valence-corrected chi connectivity index (χ0v) is 11.1. The van der Waals surface area contributed by atoms with E-state index in [9.17, 15) is 10.2 Å². The number of benzene rings is 1. The Bertz CT molecular complexity index is 361. The van der Waals surface area contributed by atoms with Crippen LogP contribution in [0.2, 0.25) is 0 Å². The van der Waals surface area contributed by atoms with Crippen molar-refractivity contribution in [1.82, 2.24) is 0 Å². The summed E-state index contributed by atoms with van der Waals surface area (Å²) in [6.45, 7) is 9.97. The van der Waals surface area contributed by atoms with Gasteiger partial charge in [0.15, 0.2) is 0 Å². The van der Waals surface area contributed by atoms with Crippen molar-refractivity contribution in [1.29, 1.82) is 0 Å². The number of hydrogen-bond donors (Lipinski definition) is 2. The van der Waals surface area contributed by atoms with Crippen LogP contribution in [0, 0.1) is 5.92 Å². The molecule has 0 aromatic heterocycles. The van der Waals surface area contributed by atoms with E-state index in [0.29, 0.717) is 11.5 Å². The van der Waals surface area contributed by atoms with Gasteiger partial charge in [-0.25, -0.2) is 0 Å². The molecule has 0 amide bonds. The largest absolute Gasteiger partial charge is 0.507 e. The Morgan fingerprint density at radius 2 is 1.88 bits per heavy atom. The van der Waals surface area contributed by atoms with Crippen LogP contribution < -0.4 is 4.90 Å². The number of rotatable bonds is 5. The second-order valence-electron chi connectivity index (χ2n) is 4.85. The Hall–Kier alpha value is -1.22. The monoisotopic (exact) mass is 237 g/mol. The molecule has 0 aliphatic carbocycles. The van der Waals surface area contributed by atoms with Gasteiger partial charge in [-0.05, 0) is 25.8 Å². The molecule has 1 rings (SSSR count). The highest BCUT2D eigenvalue weighted by Gasteiger charge is 2.11. The Morgan fingerprint density at radius 3 is 2.29 bits per heavy atom. The van der Waals surface area contributed by atoms with Crippen molar-refractivity contribution in [3.8, 4) is 5.75 Å². The van der Waals surface area contributed by atoms with E-state index < -0.39 is 6.10 Å². The number of nitrogens with zero attached hydrogens (tertiary/aromatic N) is 1. The van der Waals surface area contributed by atoms with E-state index in [4.69, 9.17) is 0 Å². The van der Waals surface area contributed by atoms with Gasteiger partial charge in [0.2, 0.25) is 0 Å². The van der Waals surface area contributed by atoms with Crippen LogP contribution in [0.3, 0.4) is 0 Å². The SMILES string of the molecule is CCN(CC(C)C)c1ccc(C(C)O)c(O)c1. The van der Waals surface area contributed by atoms with Crippen LogP contribution in [0.15, 0.2) is 18.2 Å². The molecular weight excluding hydrogens is 214 g/mol. The van der Waals surface area contributed by atoms with E-state index in [1.165, 1.54) is 0 Å². The van der Waals surface area contributed by atoms with Gasteiger partial charge in [-0.1, -0.05) is 19.9 Å². The third-order valence-corrected chi connectivity index (χ3v) is 2.80. The predicted molar refractivity (Wildman–Crippen MR) is 71.5 cm³/mol. The molecule has 0 saturated heterocycles. The third-order valence-electron chi connectivity index (χ3n) is 2.80. The molecule has 17 heavy (non-hydrogen) atoms. The topological polar surface area (TPSA) is 43.7 Å².